The number of halogens is 1. The topological polar surface area (TPSA) is 66.0 Å². The van der Waals surface area contributed by atoms with Crippen molar-refractivity contribution in [3.63, 3.8) is 0 Å². The van der Waals surface area contributed by atoms with E-state index in [1.165, 1.54) is 6.07 Å². The Morgan fingerprint density at radius 2 is 1.85 bits per heavy atom. The van der Waals surface area contributed by atoms with Crippen LogP contribution in [0.1, 0.15) is 17.4 Å². The third-order valence-corrected chi connectivity index (χ3v) is 4.64. The molecule has 0 fully saturated rings. The molecule has 6 nitrogen and oxygen atoms in total. The Kier molecular flexibility index (Phi) is 3.79. The van der Waals surface area contributed by atoms with Gasteiger partial charge in [0.15, 0.2) is 5.69 Å². The second kappa shape index (κ2) is 6.44. The molecule has 0 bridgehead atoms. The highest BCUT2D eigenvalue weighted by molar-refractivity contribution is 5.59. The lowest BCUT2D eigenvalue weighted by atomic mass is 10.1. The maximum atomic E-state index is 13.9. The lowest BCUT2D eigenvalue weighted by Crippen LogP contribution is -2.20. The summed E-state index contributed by atoms with van der Waals surface area (Å²) in [5.41, 5.74) is 2.85. The van der Waals surface area contributed by atoms with Gasteiger partial charge in [-0.2, -0.15) is 4.98 Å². The molecule has 27 heavy (non-hydrogen) atoms. The predicted octanol–water partition coefficient (Wildman–Crippen LogP) is 4.01. The Labute approximate surface area is 154 Å². The van der Waals surface area contributed by atoms with Gasteiger partial charge in [-0.3, -0.25) is 0 Å². The van der Waals surface area contributed by atoms with E-state index in [4.69, 9.17) is 9.26 Å². The minimum absolute atomic E-state index is 0.0302. The average Bonchev–Trinajstić information content (AvgIpc) is 3.35. The zero-order chi connectivity index (χ0) is 18.2. The van der Waals surface area contributed by atoms with Gasteiger partial charge in [-0.05, 0) is 17.7 Å². The van der Waals surface area contributed by atoms with E-state index < -0.39 is 5.82 Å². The molecular formula is C20H15FN4O2. The first kappa shape index (κ1) is 15.9. The number of fused-ring (bicyclic) bond motifs is 1. The molecule has 0 N–H and O–H groups in total. The highest BCUT2D eigenvalue weighted by Gasteiger charge is 2.26. The SMILES string of the molecule is Fc1ccccc1-c1noc(-c2ncn3c2CO[C@H](c2ccccc2)C3)n1. The normalized spacial score (nSPS) is 16.3. The van der Waals surface area contributed by atoms with Gasteiger partial charge in [-0.25, -0.2) is 9.37 Å². The van der Waals surface area contributed by atoms with Crippen molar-refractivity contribution in [2.45, 2.75) is 19.3 Å². The quantitative estimate of drug-likeness (QED) is 0.551. The molecule has 1 aliphatic heterocycles. The maximum absolute atomic E-state index is 13.9. The van der Waals surface area contributed by atoms with Crippen molar-refractivity contribution >= 4 is 0 Å². The van der Waals surface area contributed by atoms with Crippen LogP contribution in [0.3, 0.4) is 0 Å². The van der Waals surface area contributed by atoms with E-state index in [1.807, 2.05) is 34.9 Å². The third-order valence-electron chi connectivity index (χ3n) is 4.64. The van der Waals surface area contributed by atoms with Gasteiger partial charge in [0, 0.05) is 0 Å². The molecule has 3 heterocycles. The van der Waals surface area contributed by atoms with E-state index in [1.54, 1.807) is 24.5 Å². The molecular weight excluding hydrogens is 347 g/mol. The van der Waals surface area contributed by atoms with Crippen molar-refractivity contribution in [2.75, 3.05) is 0 Å². The van der Waals surface area contributed by atoms with E-state index >= 15 is 0 Å². The zero-order valence-corrected chi connectivity index (χ0v) is 14.2. The van der Waals surface area contributed by atoms with Gasteiger partial charge in [-0.15, -0.1) is 0 Å². The Balaban J connectivity index is 1.44. The largest absolute Gasteiger partial charge is 0.365 e. The summed E-state index contributed by atoms with van der Waals surface area (Å²) in [6.07, 6.45) is 1.72. The molecule has 0 aliphatic carbocycles. The Morgan fingerprint density at radius 1 is 1.04 bits per heavy atom. The number of benzene rings is 2. The summed E-state index contributed by atoms with van der Waals surface area (Å²) in [5.74, 6) is 0.0539. The second-order valence-electron chi connectivity index (χ2n) is 6.31. The van der Waals surface area contributed by atoms with Crippen LogP contribution in [0.2, 0.25) is 0 Å². The molecule has 0 saturated heterocycles. The summed E-state index contributed by atoms with van der Waals surface area (Å²) in [5, 5.41) is 3.90. The summed E-state index contributed by atoms with van der Waals surface area (Å²) in [7, 11) is 0. The fourth-order valence-corrected chi connectivity index (χ4v) is 3.25. The van der Waals surface area contributed by atoms with Crippen LogP contribution in [-0.2, 0) is 17.9 Å². The molecule has 0 unspecified atom stereocenters. The van der Waals surface area contributed by atoms with E-state index in [0.29, 0.717) is 24.4 Å². The monoisotopic (exact) mass is 362 g/mol. The minimum Gasteiger partial charge on any atom is -0.365 e. The molecule has 4 aromatic rings. The average molecular weight is 362 g/mol. The number of aromatic nitrogens is 4. The first-order valence-corrected chi connectivity index (χ1v) is 8.59. The summed E-state index contributed by atoms with van der Waals surface area (Å²) in [6, 6.07) is 16.4. The van der Waals surface area contributed by atoms with Crippen LogP contribution in [-0.4, -0.2) is 19.7 Å². The standard InChI is InChI=1S/C20H15FN4O2/c21-15-9-5-4-8-14(15)19-23-20(27-24-19)18-16-11-26-17(10-25(16)12-22-18)13-6-2-1-3-7-13/h1-9,12,17H,10-11H2/t17-/m0/s1. The molecule has 5 rings (SSSR count). The van der Waals surface area contributed by atoms with Crippen LogP contribution in [0.4, 0.5) is 4.39 Å². The number of ether oxygens (including phenoxy) is 1. The summed E-state index contributed by atoms with van der Waals surface area (Å²) in [6.45, 7) is 1.03. The lowest BCUT2D eigenvalue weighted by molar-refractivity contribution is 0.00330. The Bertz CT molecular complexity index is 1090. The van der Waals surface area contributed by atoms with Gasteiger partial charge in [-0.1, -0.05) is 47.6 Å². The Morgan fingerprint density at radius 3 is 2.70 bits per heavy atom. The number of imidazole rings is 1. The van der Waals surface area contributed by atoms with Crippen molar-refractivity contribution in [3.05, 3.63) is 78.0 Å². The van der Waals surface area contributed by atoms with Crippen LogP contribution < -0.4 is 0 Å². The summed E-state index contributed by atoms with van der Waals surface area (Å²) in [4.78, 5) is 8.74. The fraction of sp³-hybridized carbons (Fsp3) is 0.150. The summed E-state index contributed by atoms with van der Waals surface area (Å²) < 4.78 is 27.3. The van der Waals surface area contributed by atoms with E-state index in [2.05, 4.69) is 15.1 Å². The van der Waals surface area contributed by atoms with Crippen molar-refractivity contribution in [1.29, 1.82) is 0 Å². The van der Waals surface area contributed by atoms with Gasteiger partial charge in [0.05, 0.1) is 30.7 Å². The molecule has 2 aromatic heterocycles. The number of nitrogens with zero attached hydrogens (tertiary/aromatic N) is 4. The number of hydrogen-bond donors (Lipinski definition) is 0. The Hall–Kier alpha value is -3.32. The van der Waals surface area contributed by atoms with Gasteiger partial charge < -0.3 is 13.8 Å². The molecule has 0 amide bonds. The maximum Gasteiger partial charge on any atom is 0.278 e. The minimum atomic E-state index is -0.397. The molecule has 0 saturated carbocycles. The first-order chi connectivity index (χ1) is 13.3. The van der Waals surface area contributed by atoms with Crippen molar-refractivity contribution in [2.24, 2.45) is 0 Å². The number of rotatable bonds is 3. The molecule has 1 atom stereocenters. The van der Waals surface area contributed by atoms with E-state index in [-0.39, 0.29) is 17.8 Å². The third kappa shape index (κ3) is 2.82. The highest BCUT2D eigenvalue weighted by Crippen LogP contribution is 2.32. The van der Waals surface area contributed by atoms with Gasteiger partial charge in [0.1, 0.15) is 11.9 Å². The molecule has 2 aromatic carbocycles. The molecule has 7 heteroatoms. The zero-order valence-electron chi connectivity index (χ0n) is 14.2. The van der Waals surface area contributed by atoms with E-state index in [9.17, 15) is 4.39 Å². The van der Waals surface area contributed by atoms with Gasteiger partial charge >= 0.3 is 0 Å². The lowest BCUT2D eigenvalue weighted by Gasteiger charge is -2.25. The first-order valence-electron chi connectivity index (χ1n) is 8.59. The summed E-state index contributed by atoms with van der Waals surface area (Å²) >= 11 is 0. The van der Waals surface area contributed by atoms with Gasteiger partial charge in [0.2, 0.25) is 5.82 Å². The fourth-order valence-electron chi connectivity index (χ4n) is 3.25. The van der Waals surface area contributed by atoms with E-state index in [0.717, 1.165) is 11.3 Å². The van der Waals surface area contributed by atoms with Crippen molar-refractivity contribution in [1.82, 2.24) is 19.7 Å². The van der Waals surface area contributed by atoms with Crippen molar-refractivity contribution < 1.29 is 13.7 Å². The number of hydrogen-bond acceptors (Lipinski definition) is 5. The van der Waals surface area contributed by atoms with Crippen LogP contribution in [0.25, 0.3) is 23.0 Å². The van der Waals surface area contributed by atoms with Crippen LogP contribution in [0.5, 0.6) is 0 Å². The molecule has 1 aliphatic rings. The highest BCUT2D eigenvalue weighted by atomic mass is 19.1. The molecule has 0 radical (unpaired) electrons. The van der Waals surface area contributed by atoms with Crippen LogP contribution >= 0.6 is 0 Å². The van der Waals surface area contributed by atoms with Gasteiger partial charge in [0.25, 0.3) is 5.89 Å². The van der Waals surface area contributed by atoms with Crippen LogP contribution in [0, 0.1) is 5.82 Å². The predicted molar refractivity (Wildman–Crippen MR) is 94.9 cm³/mol. The smallest absolute Gasteiger partial charge is 0.278 e. The van der Waals surface area contributed by atoms with Crippen LogP contribution in [0.15, 0.2) is 65.4 Å². The second-order valence-corrected chi connectivity index (χ2v) is 6.31. The van der Waals surface area contributed by atoms with Crippen molar-refractivity contribution in [3.8, 4) is 23.0 Å². The molecule has 134 valence electrons. The molecule has 0 spiro atoms.